The van der Waals surface area contributed by atoms with Gasteiger partial charge in [0, 0.05) is 11.1 Å². The molecular formula is C26H25F3N4O6. The van der Waals surface area contributed by atoms with Crippen LogP contribution in [0.4, 0.5) is 13.2 Å². The second-order valence-electron chi connectivity index (χ2n) is 8.92. The zero-order chi connectivity index (χ0) is 28.0. The van der Waals surface area contributed by atoms with E-state index >= 15 is 0 Å². The number of rotatable bonds is 9. The third-order valence-corrected chi connectivity index (χ3v) is 6.25. The van der Waals surface area contributed by atoms with E-state index in [9.17, 15) is 27.6 Å². The van der Waals surface area contributed by atoms with Gasteiger partial charge in [0.05, 0.1) is 13.7 Å². The van der Waals surface area contributed by atoms with Crippen molar-refractivity contribution in [3.05, 3.63) is 60.0 Å². The molecule has 1 aliphatic rings. The molecule has 0 saturated heterocycles. The van der Waals surface area contributed by atoms with Gasteiger partial charge in [-0.1, -0.05) is 19.3 Å². The Hall–Kier alpha value is -4.42. The number of nitrogens with one attached hydrogen (secondary N) is 2. The number of amides is 2. The van der Waals surface area contributed by atoms with Crippen molar-refractivity contribution in [2.75, 3.05) is 13.7 Å². The van der Waals surface area contributed by atoms with Crippen LogP contribution in [0.3, 0.4) is 0 Å². The van der Waals surface area contributed by atoms with Crippen molar-refractivity contribution < 1.29 is 41.4 Å². The number of nitrogens with zero attached hydrogens (tertiary/aromatic N) is 2. The number of methoxy groups -OCH3 is 1. The largest absolute Gasteiger partial charge is 0.573 e. The maximum Gasteiger partial charge on any atom is 0.573 e. The van der Waals surface area contributed by atoms with E-state index in [-0.39, 0.29) is 17.3 Å². The minimum absolute atomic E-state index is 0.0512. The number of hydrogen-bond donors (Lipinski definition) is 2. The number of Topliss-reactive ketones (excluding diaryl/α,β-unsaturated/α-hetero) is 1. The molecule has 0 spiro atoms. The van der Waals surface area contributed by atoms with Crippen molar-refractivity contribution in [1.29, 1.82) is 0 Å². The van der Waals surface area contributed by atoms with Crippen LogP contribution in [0.1, 0.15) is 53.1 Å². The highest BCUT2D eigenvalue weighted by molar-refractivity contribution is 6.01. The smallest absolute Gasteiger partial charge is 0.497 e. The van der Waals surface area contributed by atoms with Crippen molar-refractivity contribution >= 4 is 17.6 Å². The monoisotopic (exact) mass is 546 g/mol. The van der Waals surface area contributed by atoms with Crippen LogP contribution < -0.4 is 20.1 Å². The summed E-state index contributed by atoms with van der Waals surface area (Å²) < 4.78 is 51.6. The number of carbonyl (C=O) groups excluding carboxylic acids is 3. The average molecular weight is 547 g/mol. The van der Waals surface area contributed by atoms with E-state index < -0.39 is 41.8 Å². The molecule has 0 radical (unpaired) electrons. The molecule has 1 fully saturated rings. The van der Waals surface area contributed by atoms with Gasteiger partial charge in [0.1, 0.15) is 17.0 Å². The topological polar surface area (TPSA) is 133 Å². The minimum Gasteiger partial charge on any atom is -0.497 e. The van der Waals surface area contributed by atoms with Gasteiger partial charge < -0.3 is 24.5 Å². The first-order valence-corrected chi connectivity index (χ1v) is 12.1. The quantitative estimate of drug-likeness (QED) is 0.384. The summed E-state index contributed by atoms with van der Waals surface area (Å²) in [5.74, 6) is -1.83. The number of ketones is 1. The third-order valence-electron chi connectivity index (χ3n) is 6.25. The molecule has 0 aliphatic heterocycles. The minimum atomic E-state index is -4.86. The highest BCUT2D eigenvalue weighted by Gasteiger charge is 2.41. The van der Waals surface area contributed by atoms with Crippen LogP contribution in [0, 0.1) is 0 Å². The normalized spacial score (nSPS) is 14.8. The Morgan fingerprint density at radius 3 is 2.21 bits per heavy atom. The summed E-state index contributed by atoms with van der Waals surface area (Å²) in [7, 11) is 1.53. The first kappa shape index (κ1) is 27.6. The lowest BCUT2D eigenvalue weighted by Crippen LogP contribution is -2.60. The molecule has 4 rings (SSSR count). The molecule has 206 valence electrons. The number of benzene rings is 2. The lowest BCUT2D eigenvalue weighted by atomic mass is 9.80. The molecule has 2 amide bonds. The molecule has 2 aromatic carbocycles. The Labute approximate surface area is 220 Å². The number of alkyl halides is 3. The summed E-state index contributed by atoms with van der Waals surface area (Å²) in [5, 5.41) is 12.9. The van der Waals surface area contributed by atoms with Gasteiger partial charge in [-0.05, 0) is 61.4 Å². The molecule has 3 aromatic rings. The fourth-order valence-electron chi connectivity index (χ4n) is 4.25. The van der Waals surface area contributed by atoms with Crippen molar-refractivity contribution in [3.8, 4) is 23.0 Å². The molecule has 10 nitrogen and oxygen atoms in total. The number of ether oxygens (including phenoxy) is 2. The van der Waals surface area contributed by atoms with Gasteiger partial charge >= 0.3 is 6.36 Å². The van der Waals surface area contributed by atoms with Crippen LogP contribution in [-0.2, 0) is 4.79 Å². The highest BCUT2D eigenvalue weighted by Crippen LogP contribution is 2.30. The fraction of sp³-hybridized carbons (Fsp3) is 0.346. The molecule has 1 aliphatic carbocycles. The van der Waals surface area contributed by atoms with Crippen LogP contribution in [0.25, 0.3) is 11.5 Å². The third kappa shape index (κ3) is 6.92. The van der Waals surface area contributed by atoms with Gasteiger partial charge in [0.25, 0.3) is 11.8 Å². The standard InChI is InChI=1S/C26H25F3N4O6/c1-37-18-9-7-17(8-10-18)22-32-33-23(38-22)20(34)15-30-24(36)25(13-3-2-4-14-25)31-21(35)16-5-11-19(12-6-16)39-26(27,28)29/h5-12H,2-4,13-15H2,1H3,(H,30,36)(H,31,35). The van der Waals surface area contributed by atoms with Gasteiger partial charge in [0.2, 0.25) is 17.6 Å². The average Bonchev–Trinajstić information content (AvgIpc) is 3.42. The fourth-order valence-corrected chi connectivity index (χ4v) is 4.25. The zero-order valence-electron chi connectivity index (χ0n) is 20.8. The first-order chi connectivity index (χ1) is 18.6. The zero-order valence-corrected chi connectivity index (χ0v) is 20.8. The van der Waals surface area contributed by atoms with Crippen LogP contribution in [0.5, 0.6) is 11.5 Å². The summed E-state index contributed by atoms with van der Waals surface area (Å²) in [6.45, 7) is -0.440. The Morgan fingerprint density at radius 2 is 1.59 bits per heavy atom. The molecule has 0 unspecified atom stereocenters. The maximum atomic E-state index is 13.2. The Kier molecular flexibility index (Phi) is 8.17. The molecule has 1 saturated carbocycles. The predicted octanol–water partition coefficient (Wildman–Crippen LogP) is 4.08. The van der Waals surface area contributed by atoms with Gasteiger partial charge in [-0.2, -0.15) is 0 Å². The van der Waals surface area contributed by atoms with E-state index in [1.165, 1.54) is 19.2 Å². The van der Waals surface area contributed by atoms with Gasteiger partial charge in [-0.15, -0.1) is 23.4 Å². The molecule has 0 atom stereocenters. The predicted molar refractivity (Wildman–Crippen MR) is 130 cm³/mol. The van der Waals surface area contributed by atoms with Crippen molar-refractivity contribution in [3.63, 3.8) is 0 Å². The second-order valence-corrected chi connectivity index (χ2v) is 8.92. The second kappa shape index (κ2) is 11.5. The molecular weight excluding hydrogens is 521 g/mol. The summed E-state index contributed by atoms with van der Waals surface area (Å²) in [5.41, 5.74) is -0.664. The molecule has 0 bridgehead atoms. The van der Waals surface area contributed by atoms with Crippen molar-refractivity contribution in [2.45, 2.75) is 44.0 Å². The van der Waals surface area contributed by atoms with E-state index in [4.69, 9.17) is 9.15 Å². The van der Waals surface area contributed by atoms with Crippen LogP contribution in [0.15, 0.2) is 52.9 Å². The molecule has 1 aromatic heterocycles. The molecule has 2 N–H and O–H groups in total. The Morgan fingerprint density at radius 1 is 0.949 bits per heavy atom. The Balaban J connectivity index is 1.39. The number of hydrogen-bond acceptors (Lipinski definition) is 8. The number of aromatic nitrogens is 2. The number of carbonyl (C=O) groups is 3. The molecule has 13 heteroatoms. The van der Waals surface area contributed by atoms with Crippen molar-refractivity contribution in [2.24, 2.45) is 0 Å². The first-order valence-electron chi connectivity index (χ1n) is 12.1. The van der Waals surface area contributed by atoms with E-state index in [0.717, 1.165) is 18.6 Å². The SMILES string of the molecule is COc1ccc(-c2nnc(C(=O)CNC(=O)C3(NC(=O)c4ccc(OC(F)(F)F)cc4)CCCCC3)o2)cc1. The lowest BCUT2D eigenvalue weighted by Gasteiger charge is -2.36. The van der Waals surface area contributed by atoms with Crippen LogP contribution in [0.2, 0.25) is 0 Å². The Bertz CT molecular complexity index is 1320. The van der Waals surface area contributed by atoms with Gasteiger partial charge in [-0.25, -0.2) is 0 Å². The molecule has 1 heterocycles. The summed E-state index contributed by atoms with van der Waals surface area (Å²) >= 11 is 0. The number of halogens is 3. The summed E-state index contributed by atoms with van der Waals surface area (Å²) in [4.78, 5) is 38.8. The van der Waals surface area contributed by atoms with Crippen LogP contribution >= 0.6 is 0 Å². The highest BCUT2D eigenvalue weighted by atomic mass is 19.4. The summed E-state index contributed by atoms with van der Waals surface area (Å²) in [6.07, 6.45) is -2.01. The lowest BCUT2D eigenvalue weighted by molar-refractivity contribution is -0.274. The van der Waals surface area contributed by atoms with E-state index in [2.05, 4.69) is 25.6 Å². The van der Waals surface area contributed by atoms with E-state index in [1.54, 1.807) is 24.3 Å². The molecule has 39 heavy (non-hydrogen) atoms. The summed E-state index contributed by atoms with van der Waals surface area (Å²) in [6, 6.07) is 11.1. The van der Waals surface area contributed by atoms with Gasteiger partial charge in [-0.3, -0.25) is 14.4 Å². The van der Waals surface area contributed by atoms with Gasteiger partial charge in [0.15, 0.2) is 0 Å². The van der Waals surface area contributed by atoms with Crippen molar-refractivity contribution in [1.82, 2.24) is 20.8 Å². The van der Waals surface area contributed by atoms with Crippen LogP contribution in [-0.4, -0.2) is 53.4 Å². The van der Waals surface area contributed by atoms with E-state index in [0.29, 0.717) is 37.0 Å². The van der Waals surface area contributed by atoms with E-state index in [1.807, 2.05) is 0 Å². The maximum absolute atomic E-state index is 13.2.